The Kier molecular flexibility index (Phi) is 2.96. The third-order valence-corrected chi connectivity index (χ3v) is 3.44. The minimum atomic E-state index is -1.68. The second-order valence-electron chi connectivity index (χ2n) is 4.30. The first-order chi connectivity index (χ1) is 8.44. The number of carboxylic acid groups (broad SMARTS) is 1. The number of hydrogen-bond donors (Lipinski definition) is 1. The van der Waals surface area contributed by atoms with E-state index in [0.717, 1.165) is 7.11 Å². The first-order valence-corrected chi connectivity index (χ1v) is 5.39. The molecule has 1 saturated carbocycles. The van der Waals surface area contributed by atoms with Crippen LogP contribution in [0.2, 0.25) is 0 Å². The van der Waals surface area contributed by atoms with Gasteiger partial charge in [0.15, 0.2) is 23.2 Å². The third-order valence-electron chi connectivity index (χ3n) is 3.44. The Labute approximate surface area is 101 Å². The van der Waals surface area contributed by atoms with Crippen LogP contribution in [-0.2, 0) is 10.2 Å². The molecule has 0 aliphatic heterocycles. The van der Waals surface area contributed by atoms with Crippen molar-refractivity contribution in [1.82, 2.24) is 0 Å². The standard InChI is InChI=1S/C12H11F3O3/c1-18-7-5-6(13)9(14)8(10(7)15)12(11(16)17)3-2-4-12/h5H,2-4H2,1H3,(H,16,17). The molecule has 1 N–H and O–H groups in total. The summed E-state index contributed by atoms with van der Waals surface area (Å²) < 4.78 is 45.7. The van der Waals surface area contributed by atoms with E-state index in [1.807, 2.05) is 0 Å². The Bertz CT molecular complexity index is 510. The molecule has 0 spiro atoms. The first kappa shape index (κ1) is 12.7. The van der Waals surface area contributed by atoms with Crippen molar-refractivity contribution < 1.29 is 27.8 Å². The number of ether oxygens (including phenoxy) is 1. The quantitative estimate of drug-likeness (QED) is 0.850. The summed E-state index contributed by atoms with van der Waals surface area (Å²) in [5, 5.41) is 9.14. The number of carbonyl (C=O) groups is 1. The SMILES string of the molecule is COc1cc(F)c(F)c(C2(C(=O)O)CCC2)c1F. The van der Waals surface area contributed by atoms with Gasteiger partial charge in [-0.1, -0.05) is 6.42 Å². The van der Waals surface area contributed by atoms with Crippen LogP contribution in [0.4, 0.5) is 13.2 Å². The van der Waals surface area contributed by atoms with Gasteiger partial charge in [-0.3, -0.25) is 4.79 Å². The van der Waals surface area contributed by atoms with Crippen molar-refractivity contribution in [3.05, 3.63) is 29.1 Å². The van der Waals surface area contributed by atoms with Gasteiger partial charge in [-0.05, 0) is 12.8 Å². The molecule has 98 valence electrons. The predicted molar refractivity (Wildman–Crippen MR) is 56.0 cm³/mol. The minimum absolute atomic E-state index is 0.0861. The van der Waals surface area contributed by atoms with Crippen LogP contribution < -0.4 is 4.74 Å². The third kappa shape index (κ3) is 1.55. The second-order valence-corrected chi connectivity index (χ2v) is 4.30. The van der Waals surface area contributed by atoms with Gasteiger partial charge in [0.25, 0.3) is 0 Å². The van der Waals surface area contributed by atoms with E-state index in [-0.39, 0.29) is 12.8 Å². The highest BCUT2D eigenvalue weighted by atomic mass is 19.2. The highest BCUT2D eigenvalue weighted by molar-refractivity contribution is 5.83. The fourth-order valence-electron chi connectivity index (χ4n) is 2.25. The zero-order valence-electron chi connectivity index (χ0n) is 9.60. The average molecular weight is 260 g/mol. The molecule has 0 unspecified atom stereocenters. The van der Waals surface area contributed by atoms with Crippen LogP contribution >= 0.6 is 0 Å². The summed E-state index contributed by atoms with van der Waals surface area (Å²) in [7, 11) is 1.10. The van der Waals surface area contributed by atoms with Gasteiger partial charge in [0.05, 0.1) is 12.5 Å². The van der Waals surface area contributed by atoms with Crippen LogP contribution in [0.1, 0.15) is 24.8 Å². The average Bonchev–Trinajstić information content (AvgIpc) is 2.26. The van der Waals surface area contributed by atoms with E-state index in [9.17, 15) is 18.0 Å². The maximum atomic E-state index is 14.0. The molecule has 0 heterocycles. The van der Waals surface area contributed by atoms with E-state index < -0.39 is 40.1 Å². The Balaban J connectivity index is 2.70. The summed E-state index contributed by atoms with van der Waals surface area (Å²) in [5.41, 5.74) is -2.41. The Morgan fingerprint density at radius 2 is 1.94 bits per heavy atom. The minimum Gasteiger partial charge on any atom is -0.494 e. The summed E-state index contributed by atoms with van der Waals surface area (Å²) in [6.45, 7) is 0. The van der Waals surface area contributed by atoms with E-state index in [2.05, 4.69) is 4.74 Å². The highest BCUT2D eigenvalue weighted by Gasteiger charge is 2.50. The molecule has 2 rings (SSSR count). The molecule has 1 aliphatic carbocycles. The molecule has 1 fully saturated rings. The molecule has 3 nitrogen and oxygen atoms in total. The number of aliphatic carboxylic acids is 1. The van der Waals surface area contributed by atoms with Crippen molar-refractivity contribution in [2.24, 2.45) is 0 Å². The van der Waals surface area contributed by atoms with Crippen LogP contribution in [0.5, 0.6) is 5.75 Å². The van der Waals surface area contributed by atoms with Gasteiger partial charge in [0, 0.05) is 11.6 Å². The summed E-state index contributed by atoms with van der Waals surface area (Å²) in [6, 6.07) is 0.572. The number of benzene rings is 1. The maximum absolute atomic E-state index is 14.0. The number of methoxy groups -OCH3 is 1. The molecule has 1 aromatic carbocycles. The molecular weight excluding hydrogens is 249 g/mol. The normalized spacial score (nSPS) is 17.1. The van der Waals surface area contributed by atoms with Gasteiger partial charge >= 0.3 is 5.97 Å². The summed E-state index contributed by atoms with van der Waals surface area (Å²) in [4.78, 5) is 11.2. The Morgan fingerprint density at radius 1 is 1.33 bits per heavy atom. The van der Waals surface area contributed by atoms with Crippen molar-refractivity contribution in [3.63, 3.8) is 0 Å². The van der Waals surface area contributed by atoms with Gasteiger partial charge in [0.2, 0.25) is 0 Å². The van der Waals surface area contributed by atoms with Gasteiger partial charge in [-0.25, -0.2) is 13.2 Å². The molecule has 0 atom stereocenters. The van der Waals surface area contributed by atoms with Crippen molar-refractivity contribution >= 4 is 5.97 Å². The van der Waals surface area contributed by atoms with Crippen LogP contribution in [-0.4, -0.2) is 18.2 Å². The zero-order chi connectivity index (χ0) is 13.5. The molecule has 1 aliphatic rings. The fraction of sp³-hybridized carbons (Fsp3) is 0.417. The highest BCUT2D eigenvalue weighted by Crippen LogP contribution is 2.47. The number of carboxylic acids is 1. The van der Waals surface area contributed by atoms with Gasteiger partial charge in [-0.15, -0.1) is 0 Å². The molecular formula is C12H11F3O3. The lowest BCUT2D eigenvalue weighted by atomic mass is 9.64. The number of hydrogen-bond acceptors (Lipinski definition) is 2. The lowest BCUT2D eigenvalue weighted by Gasteiger charge is -2.38. The summed E-state index contributed by atoms with van der Waals surface area (Å²) >= 11 is 0. The van der Waals surface area contributed by atoms with E-state index in [1.54, 1.807) is 0 Å². The van der Waals surface area contributed by atoms with Crippen LogP contribution in [0, 0.1) is 17.5 Å². The lowest BCUT2D eigenvalue weighted by molar-refractivity contribution is -0.147. The van der Waals surface area contributed by atoms with E-state index >= 15 is 0 Å². The smallest absolute Gasteiger partial charge is 0.314 e. The van der Waals surface area contributed by atoms with E-state index in [0.29, 0.717) is 12.5 Å². The molecule has 0 radical (unpaired) electrons. The van der Waals surface area contributed by atoms with Gasteiger partial charge in [-0.2, -0.15) is 0 Å². The summed E-state index contributed by atoms with van der Waals surface area (Å²) in [6.07, 6.45) is 0.704. The lowest BCUT2D eigenvalue weighted by Crippen LogP contribution is -2.44. The topological polar surface area (TPSA) is 46.5 Å². The van der Waals surface area contributed by atoms with Crippen LogP contribution in [0.25, 0.3) is 0 Å². The van der Waals surface area contributed by atoms with Crippen molar-refractivity contribution in [1.29, 1.82) is 0 Å². The molecule has 6 heteroatoms. The second kappa shape index (κ2) is 4.19. The molecule has 18 heavy (non-hydrogen) atoms. The Hall–Kier alpha value is -1.72. The zero-order valence-corrected chi connectivity index (χ0v) is 9.60. The van der Waals surface area contributed by atoms with E-state index in [4.69, 9.17) is 5.11 Å². The van der Waals surface area contributed by atoms with E-state index in [1.165, 1.54) is 0 Å². The summed E-state index contributed by atoms with van der Waals surface area (Å²) in [5.74, 6) is -5.74. The molecule has 0 aromatic heterocycles. The maximum Gasteiger partial charge on any atom is 0.314 e. The van der Waals surface area contributed by atoms with Gasteiger partial charge in [0.1, 0.15) is 0 Å². The number of rotatable bonds is 3. The largest absolute Gasteiger partial charge is 0.494 e. The van der Waals surface area contributed by atoms with Crippen molar-refractivity contribution in [2.45, 2.75) is 24.7 Å². The van der Waals surface area contributed by atoms with Crippen LogP contribution in [0.3, 0.4) is 0 Å². The molecule has 0 amide bonds. The Morgan fingerprint density at radius 3 is 2.33 bits per heavy atom. The van der Waals surface area contributed by atoms with Gasteiger partial charge < -0.3 is 9.84 Å². The van der Waals surface area contributed by atoms with Crippen LogP contribution in [0.15, 0.2) is 6.07 Å². The molecule has 1 aromatic rings. The molecule has 0 saturated heterocycles. The monoisotopic (exact) mass is 260 g/mol. The predicted octanol–water partition coefficient (Wildman–Crippen LogP) is 2.62. The molecule has 0 bridgehead atoms. The van der Waals surface area contributed by atoms with Crippen molar-refractivity contribution in [2.75, 3.05) is 7.11 Å². The number of halogens is 3. The first-order valence-electron chi connectivity index (χ1n) is 5.39. The van der Waals surface area contributed by atoms with Crippen molar-refractivity contribution in [3.8, 4) is 5.75 Å². The fourth-order valence-corrected chi connectivity index (χ4v) is 2.25.